The van der Waals surface area contributed by atoms with Crippen LogP contribution in [0.4, 0.5) is 0 Å². The van der Waals surface area contributed by atoms with Crippen LogP contribution in [0.1, 0.15) is 42.7 Å². The molecule has 3 atom stereocenters. The van der Waals surface area contributed by atoms with Crippen molar-refractivity contribution in [1.29, 1.82) is 0 Å². The lowest BCUT2D eigenvalue weighted by Gasteiger charge is -2.59. The van der Waals surface area contributed by atoms with Gasteiger partial charge >= 0.3 is 0 Å². The molecule has 6 nitrogen and oxygen atoms in total. The van der Waals surface area contributed by atoms with E-state index in [9.17, 15) is 14.7 Å². The second-order valence-corrected chi connectivity index (χ2v) is 8.92. The average molecular weight is 408 g/mol. The third kappa shape index (κ3) is 3.61. The van der Waals surface area contributed by atoms with Crippen molar-refractivity contribution in [3.05, 3.63) is 35.4 Å². The zero-order valence-corrected chi connectivity index (χ0v) is 17.1. The molecule has 3 heterocycles. The van der Waals surface area contributed by atoms with Crippen LogP contribution in [-0.4, -0.2) is 71.7 Å². The maximum Gasteiger partial charge on any atom is 0.242 e. The number of fused-ring (bicyclic) bond motifs is 1. The van der Waals surface area contributed by atoms with Crippen LogP contribution in [0.3, 0.4) is 0 Å². The molecule has 5 rings (SSSR count). The summed E-state index contributed by atoms with van der Waals surface area (Å²) >= 11 is 0. The van der Waals surface area contributed by atoms with Gasteiger partial charge in [0.05, 0.1) is 25.2 Å². The first-order valence-corrected chi connectivity index (χ1v) is 11.1. The lowest BCUT2D eigenvalue weighted by atomic mass is 9.73. The summed E-state index contributed by atoms with van der Waals surface area (Å²) in [4.78, 5) is 29.3. The van der Waals surface area contributed by atoms with E-state index in [0.29, 0.717) is 25.7 Å². The number of carbonyl (C=O) groups excluding carboxylic acids is 2. The number of amides is 2. The van der Waals surface area contributed by atoms with E-state index in [1.54, 1.807) is 9.80 Å². The van der Waals surface area contributed by atoms with E-state index >= 15 is 0 Å². The Hall–Kier alpha value is -2.36. The van der Waals surface area contributed by atoms with Crippen molar-refractivity contribution in [2.24, 2.45) is 11.8 Å². The number of aliphatic hydroxyl groups is 1. The fraction of sp³-hybridized carbons (Fsp3) is 0.583. The molecule has 30 heavy (non-hydrogen) atoms. The summed E-state index contributed by atoms with van der Waals surface area (Å²) in [6.45, 7) is 1.81. The van der Waals surface area contributed by atoms with Crippen LogP contribution in [0.2, 0.25) is 0 Å². The smallest absolute Gasteiger partial charge is 0.242 e. The second kappa shape index (κ2) is 8.05. The summed E-state index contributed by atoms with van der Waals surface area (Å²) in [7, 11) is 0. The molecule has 2 amide bonds. The number of rotatable bonds is 3. The Balaban J connectivity index is 1.32. The van der Waals surface area contributed by atoms with Gasteiger partial charge in [-0.25, -0.2) is 0 Å². The SMILES string of the molecule is O=C(C1CCOCC1)N1CC(=O)N2[C@H](CO)[C@@H](c3ccc(C#CC4CC4)cc3)[C@@H]2C1. The van der Waals surface area contributed by atoms with Gasteiger partial charge in [-0.15, -0.1) is 0 Å². The van der Waals surface area contributed by atoms with E-state index in [1.807, 2.05) is 12.1 Å². The first kappa shape index (κ1) is 19.6. The molecule has 1 N–H and O–H groups in total. The molecular weight excluding hydrogens is 380 g/mol. The first-order valence-electron chi connectivity index (χ1n) is 11.1. The van der Waals surface area contributed by atoms with Crippen molar-refractivity contribution in [2.45, 2.75) is 43.7 Å². The van der Waals surface area contributed by atoms with Crippen LogP contribution in [-0.2, 0) is 14.3 Å². The molecule has 4 aliphatic rings. The van der Waals surface area contributed by atoms with Gasteiger partial charge in [-0.1, -0.05) is 24.0 Å². The van der Waals surface area contributed by atoms with Gasteiger partial charge in [0.2, 0.25) is 11.8 Å². The zero-order chi connectivity index (χ0) is 20.7. The summed E-state index contributed by atoms with van der Waals surface area (Å²) in [5, 5.41) is 9.95. The number of aliphatic hydroxyl groups excluding tert-OH is 1. The minimum atomic E-state index is -0.216. The third-order valence-electron chi connectivity index (χ3n) is 6.93. The topological polar surface area (TPSA) is 70.1 Å². The van der Waals surface area contributed by atoms with Crippen LogP contribution in [0.15, 0.2) is 24.3 Å². The highest BCUT2D eigenvalue weighted by Gasteiger charge is 2.54. The van der Waals surface area contributed by atoms with E-state index in [4.69, 9.17) is 4.74 Å². The maximum absolute atomic E-state index is 13.0. The minimum absolute atomic E-state index is 0.0367. The molecule has 158 valence electrons. The van der Waals surface area contributed by atoms with E-state index < -0.39 is 0 Å². The Labute approximate surface area is 177 Å². The lowest BCUT2D eigenvalue weighted by Crippen LogP contribution is -2.73. The minimum Gasteiger partial charge on any atom is -0.394 e. The molecular formula is C24H28N2O4. The van der Waals surface area contributed by atoms with Gasteiger partial charge < -0.3 is 19.6 Å². The fourth-order valence-electron chi connectivity index (χ4n) is 5.07. The van der Waals surface area contributed by atoms with Crippen LogP contribution >= 0.6 is 0 Å². The Morgan fingerprint density at radius 3 is 2.53 bits per heavy atom. The summed E-state index contributed by atoms with van der Waals surface area (Å²) in [5.74, 6) is 7.07. The monoisotopic (exact) mass is 408 g/mol. The molecule has 3 aliphatic heterocycles. The number of nitrogens with zero attached hydrogens (tertiary/aromatic N) is 2. The van der Waals surface area contributed by atoms with Gasteiger partial charge in [-0.3, -0.25) is 9.59 Å². The quantitative estimate of drug-likeness (QED) is 0.767. The highest BCUT2D eigenvalue weighted by atomic mass is 16.5. The molecule has 1 aromatic carbocycles. The maximum atomic E-state index is 13.0. The predicted molar refractivity (Wildman–Crippen MR) is 110 cm³/mol. The van der Waals surface area contributed by atoms with Gasteiger partial charge in [0.15, 0.2) is 0 Å². The van der Waals surface area contributed by atoms with Crippen LogP contribution in [0.25, 0.3) is 0 Å². The number of ether oxygens (including phenoxy) is 1. The Morgan fingerprint density at radius 2 is 1.87 bits per heavy atom. The lowest BCUT2D eigenvalue weighted by molar-refractivity contribution is -0.169. The second-order valence-electron chi connectivity index (χ2n) is 8.92. The van der Waals surface area contributed by atoms with Crippen LogP contribution in [0.5, 0.6) is 0 Å². The number of hydrogen-bond donors (Lipinski definition) is 1. The Kier molecular flexibility index (Phi) is 5.26. The number of benzene rings is 1. The van der Waals surface area contributed by atoms with Crippen molar-refractivity contribution < 1.29 is 19.4 Å². The molecule has 0 spiro atoms. The molecule has 0 radical (unpaired) electrons. The van der Waals surface area contributed by atoms with Gasteiger partial charge in [0.1, 0.15) is 0 Å². The van der Waals surface area contributed by atoms with Gasteiger partial charge in [-0.05, 0) is 43.4 Å². The zero-order valence-electron chi connectivity index (χ0n) is 17.1. The largest absolute Gasteiger partial charge is 0.394 e. The standard InChI is InChI=1S/C24H28N2O4/c27-15-21-23(18-7-5-17(6-8-18)4-3-16-1-2-16)20-13-25(14-22(28)26(20)21)24(29)19-9-11-30-12-10-19/h5-8,16,19-21,23,27H,1-2,9-15H2/t20-,21+,23-/m0/s1. The normalized spacial score (nSPS) is 29.0. The van der Waals surface area contributed by atoms with Gasteiger partial charge in [0.25, 0.3) is 0 Å². The summed E-state index contributed by atoms with van der Waals surface area (Å²) in [6, 6.07) is 7.88. The van der Waals surface area contributed by atoms with Crippen molar-refractivity contribution in [2.75, 3.05) is 32.9 Å². The van der Waals surface area contributed by atoms with Crippen molar-refractivity contribution >= 4 is 11.8 Å². The third-order valence-corrected chi connectivity index (χ3v) is 6.93. The highest BCUT2D eigenvalue weighted by Crippen LogP contribution is 2.43. The van der Waals surface area contributed by atoms with Crippen LogP contribution in [0, 0.1) is 23.7 Å². The van der Waals surface area contributed by atoms with Gasteiger partial charge in [-0.2, -0.15) is 0 Å². The Morgan fingerprint density at radius 1 is 1.13 bits per heavy atom. The van der Waals surface area contributed by atoms with Crippen LogP contribution < -0.4 is 0 Å². The molecule has 0 unspecified atom stereocenters. The van der Waals surface area contributed by atoms with Crippen molar-refractivity contribution in [3.8, 4) is 11.8 Å². The van der Waals surface area contributed by atoms with Crippen molar-refractivity contribution in [1.82, 2.24) is 9.80 Å². The van der Waals surface area contributed by atoms with E-state index in [2.05, 4.69) is 24.0 Å². The Bertz CT molecular complexity index is 877. The molecule has 0 aromatic heterocycles. The summed E-state index contributed by atoms with van der Waals surface area (Å²) in [5.41, 5.74) is 2.10. The number of carbonyl (C=O) groups is 2. The number of hydrogen-bond acceptors (Lipinski definition) is 4. The molecule has 3 saturated heterocycles. The first-order chi connectivity index (χ1) is 14.7. The molecule has 0 bridgehead atoms. The summed E-state index contributed by atoms with van der Waals surface area (Å²) in [6.07, 6.45) is 3.87. The summed E-state index contributed by atoms with van der Waals surface area (Å²) < 4.78 is 5.37. The molecule has 1 saturated carbocycles. The van der Waals surface area contributed by atoms with Crippen molar-refractivity contribution in [3.63, 3.8) is 0 Å². The predicted octanol–water partition coefficient (Wildman–Crippen LogP) is 1.37. The average Bonchev–Trinajstić information content (AvgIpc) is 3.59. The van der Waals surface area contributed by atoms with E-state index in [1.165, 1.54) is 12.8 Å². The highest BCUT2D eigenvalue weighted by molar-refractivity contribution is 5.88. The fourth-order valence-corrected chi connectivity index (χ4v) is 5.07. The van der Waals surface area contributed by atoms with E-state index in [-0.39, 0.29) is 48.9 Å². The molecule has 1 aromatic rings. The van der Waals surface area contributed by atoms with Gasteiger partial charge in [0, 0.05) is 43.1 Å². The molecule has 6 heteroatoms. The molecule has 1 aliphatic carbocycles. The number of piperazine rings is 1. The van der Waals surface area contributed by atoms with E-state index in [0.717, 1.165) is 24.0 Å². The molecule has 4 fully saturated rings.